The monoisotopic (exact) mass is 661 g/mol. The third kappa shape index (κ3) is 11.5. The number of allylic oxidation sites excluding steroid dienone is 1. The number of imide groups is 1. The molecule has 0 spiro atoms. The van der Waals surface area contributed by atoms with Crippen molar-refractivity contribution in [1.29, 1.82) is 0 Å². The van der Waals surface area contributed by atoms with Gasteiger partial charge in [-0.25, -0.2) is 9.69 Å². The molecule has 3 atom stereocenters. The first-order chi connectivity index (χ1) is 23.0. The van der Waals surface area contributed by atoms with Gasteiger partial charge in [0.25, 0.3) is 0 Å². The summed E-state index contributed by atoms with van der Waals surface area (Å²) >= 11 is 0. The Balaban J connectivity index is 1.93. The SMILES string of the molecule is CC(=O)O[C@H](C(=O)C=C(C(=O)CCCCCCCCCCO)c1cccc(C)c1)[C@H](Cc1ccccc1)C(=O)N1C(=O)OC[C@@H]1C(C)C. The quantitative estimate of drug-likeness (QED) is 0.0931. The maximum absolute atomic E-state index is 14.2. The van der Waals surface area contributed by atoms with Gasteiger partial charge in [0.2, 0.25) is 5.91 Å². The van der Waals surface area contributed by atoms with Crippen molar-refractivity contribution in [2.24, 2.45) is 11.8 Å². The lowest BCUT2D eigenvalue weighted by atomic mass is 9.87. The van der Waals surface area contributed by atoms with Gasteiger partial charge in [-0.15, -0.1) is 0 Å². The number of aliphatic hydroxyl groups excluding tert-OH is 1. The smallest absolute Gasteiger partial charge is 0.416 e. The molecule has 1 aliphatic rings. The van der Waals surface area contributed by atoms with Crippen LogP contribution in [0, 0.1) is 18.8 Å². The van der Waals surface area contributed by atoms with Crippen LogP contribution in [0.1, 0.15) is 95.2 Å². The average molecular weight is 662 g/mol. The summed E-state index contributed by atoms with van der Waals surface area (Å²) < 4.78 is 10.8. The highest BCUT2D eigenvalue weighted by Crippen LogP contribution is 2.28. The Morgan fingerprint density at radius 3 is 2.19 bits per heavy atom. The number of hydrogen-bond acceptors (Lipinski definition) is 8. The number of aliphatic hydroxyl groups is 1. The van der Waals surface area contributed by atoms with Gasteiger partial charge >= 0.3 is 12.1 Å². The maximum Gasteiger partial charge on any atom is 0.416 e. The van der Waals surface area contributed by atoms with E-state index < -0.39 is 41.8 Å². The molecule has 1 heterocycles. The van der Waals surface area contributed by atoms with E-state index in [1.165, 1.54) is 6.08 Å². The molecule has 1 aliphatic heterocycles. The summed E-state index contributed by atoms with van der Waals surface area (Å²) in [5.74, 6) is -3.73. The number of aryl methyl sites for hydroxylation is 1. The van der Waals surface area contributed by atoms with Crippen molar-refractivity contribution >= 4 is 35.1 Å². The minimum atomic E-state index is -1.59. The van der Waals surface area contributed by atoms with Gasteiger partial charge in [0.05, 0.1) is 12.0 Å². The number of benzene rings is 2. The van der Waals surface area contributed by atoms with Gasteiger partial charge in [0.15, 0.2) is 17.7 Å². The molecule has 1 saturated heterocycles. The third-order valence-electron chi connectivity index (χ3n) is 8.70. The van der Waals surface area contributed by atoms with Crippen LogP contribution in [-0.2, 0) is 35.1 Å². The highest BCUT2D eigenvalue weighted by molar-refractivity contribution is 6.25. The van der Waals surface area contributed by atoms with E-state index in [0.29, 0.717) is 17.5 Å². The molecule has 9 nitrogen and oxygen atoms in total. The summed E-state index contributed by atoms with van der Waals surface area (Å²) in [6.07, 6.45) is 6.64. The van der Waals surface area contributed by atoms with E-state index in [1.54, 1.807) is 30.3 Å². The van der Waals surface area contributed by atoms with Crippen LogP contribution in [-0.4, -0.2) is 64.9 Å². The number of hydrogen-bond donors (Lipinski definition) is 1. The summed E-state index contributed by atoms with van der Waals surface area (Å²) in [6, 6.07) is 15.8. The molecule has 9 heteroatoms. The van der Waals surface area contributed by atoms with Crippen molar-refractivity contribution in [3.8, 4) is 0 Å². The standard InChI is InChI=1S/C39H51NO8/c1-27(2)34-26-47-39(46)40(34)38(45)33(24-30-18-12-11-13-19-30)37(48-29(4)42)36(44)25-32(31-20-16-17-28(3)23-31)35(43)21-14-9-7-5-6-8-10-15-22-41/h11-13,16-20,23,25,27,33-34,37,41H,5-10,14-15,21-22,24,26H2,1-4H3/t33-,34+,37-/m0/s1. The van der Waals surface area contributed by atoms with Crippen molar-refractivity contribution in [2.75, 3.05) is 13.2 Å². The zero-order chi connectivity index (χ0) is 35.1. The van der Waals surface area contributed by atoms with Crippen LogP contribution in [0.15, 0.2) is 60.7 Å². The number of cyclic esters (lactones) is 1. The van der Waals surface area contributed by atoms with Gasteiger partial charge in [-0.1, -0.05) is 113 Å². The topological polar surface area (TPSA) is 127 Å². The van der Waals surface area contributed by atoms with Crippen LogP contribution >= 0.6 is 0 Å². The molecule has 2 aromatic carbocycles. The Hall–Kier alpha value is -4.11. The Kier molecular flexibility index (Phi) is 15.7. The number of esters is 1. The van der Waals surface area contributed by atoms with Crippen LogP contribution in [0.3, 0.4) is 0 Å². The Morgan fingerprint density at radius 2 is 1.58 bits per heavy atom. The highest BCUT2D eigenvalue weighted by Gasteiger charge is 2.46. The normalized spacial score (nSPS) is 16.0. The number of ketones is 2. The lowest BCUT2D eigenvalue weighted by molar-refractivity contribution is -0.159. The Labute approximate surface area is 284 Å². The fourth-order valence-corrected chi connectivity index (χ4v) is 6.02. The average Bonchev–Trinajstić information content (AvgIpc) is 3.45. The van der Waals surface area contributed by atoms with Gasteiger partial charge in [-0.05, 0) is 49.3 Å². The number of carbonyl (C=O) groups is 5. The van der Waals surface area contributed by atoms with E-state index >= 15 is 0 Å². The zero-order valence-corrected chi connectivity index (χ0v) is 28.8. The van der Waals surface area contributed by atoms with E-state index in [-0.39, 0.29) is 43.3 Å². The van der Waals surface area contributed by atoms with E-state index in [1.807, 2.05) is 45.0 Å². The molecule has 1 fully saturated rings. The fraction of sp³-hybridized carbons (Fsp3) is 0.513. The zero-order valence-electron chi connectivity index (χ0n) is 28.8. The number of nitrogens with zero attached hydrogens (tertiary/aromatic N) is 1. The Morgan fingerprint density at radius 1 is 0.938 bits per heavy atom. The molecule has 2 aromatic rings. The number of rotatable bonds is 20. The van der Waals surface area contributed by atoms with E-state index in [0.717, 1.165) is 62.3 Å². The van der Waals surface area contributed by atoms with Crippen molar-refractivity contribution in [3.05, 3.63) is 77.4 Å². The summed E-state index contributed by atoms with van der Waals surface area (Å²) in [5.41, 5.74) is 2.37. The number of amides is 2. The largest absolute Gasteiger partial charge is 0.453 e. The predicted octanol–water partition coefficient (Wildman–Crippen LogP) is 6.81. The van der Waals surface area contributed by atoms with Gasteiger partial charge in [-0.2, -0.15) is 0 Å². The minimum Gasteiger partial charge on any atom is -0.453 e. The summed E-state index contributed by atoms with van der Waals surface area (Å²) in [4.78, 5) is 68.5. The number of carbonyl (C=O) groups excluding carboxylic acids is 5. The Bertz CT molecular complexity index is 1420. The van der Waals surface area contributed by atoms with Gasteiger partial charge in [0.1, 0.15) is 6.61 Å². The summed E-state index contributed by atoms with van der Waals surface area (Å²) in [7, 11) is 0. The molecular weight excluding hydrogens is 610 g/mol. The second kappa shape index (κ2) is 19.6. The molecule has 3 rings (SSSR count). The molecule has 0 saturated carbocycles. The van der Waals surface area contributed by atoms with Gasteiger partial charge < -0.3 is 14.6 Å². The van der Waals surface area contributed by atoms with Crippen molar-refractivity contribution < 1.29 is 38.6 Å². The maximum atomic E-state index is 14.2. The second-order valence-electron chi connectivity index (χ2n) is 13.0. The van der Waals surface area contributed by atoms with Crippen LogP contribution in [0.25, 0.3) is 5.57 Å². The first-order valence-electron chi connectivity index (χ1n) is 17.2. The predicted molar refractivity (Wildman–Crippen MR) is 184 cm³/mol. The van der Waals surface area contributed by atoms with Crippen LogP contribution in [0.5, 0.6) is 0 Å². The summed E-state index contributed by atoms with van der Waals surface area (Å²) in [5, 5.41) is 8.94. The van der Waals surface area contributed by atoms with Crippen molar-refractivity contribution in [2.45, 2.75) is 104 Å². The third-order valence-corrected chi connectivity index (χ3v) is 8.70. The molecule has 1 N–H and O–H groups in total. The van der Waals surface area contributed by atoms with Crippen molar-refractivity contribution in [3.63, 3.8) is 0 Å². The molecular formula is C39H51NO8. The van der Waals surface area contributed by atoms with E-state index in [2.05, 4.69) is 0 Å². The molecule has 0 aliphatic carbocycles. The molecule has 0 aromatic heterocycles. The van der Waals surface area contributed by atoms with Gasteiger partial charge in [0, 0.05) is 25.5 Å². The van der Waals surface area contributed by atoms with Crippen LogP contribution in [0.4, 0.5) is 4.79 Å². The van der Waals surface area contributed by atoms with Crippen LogP contribution < -0.4 is 0 Å². The van der Waals surface area contributed by atoms with E-state index in [4.69, 9.17) is 14.6 Å². The molecule has 48 heavy (non-hydrogen) atoms. The molecule has 2 amide bonds. The van der Waals surface area contributed by atoms with Crippen LogP contribution in [0.2, 0.25) is 0 Å². The molecule has 0 radical (unpaired) electrons. The number of Topliss-reactive ketones (excluding diaryl/α,β-unsaturated/α-hetero) is 1. The van der Waals surface area contributed by atoms with Gasteiger partial charge in [-0.3, -0.25) is 19.2 Å². The second-order valence-corrected chi connectivity index (χ2v) is 13.0. The van der Waals surface area contributed by atoms with E-state index in [9.17, 15) is 24.0 Å². The van der Waals surface area contributed by atoms with Crippen molar-refractivity contribution in [1.82, 2.24) is 4.90 Å². The lowest BCUT2D eigenvalue weighted by Gasteiger charge is -2.30. The first kappa shape index (κ1) is 38.3. The summed E-state index contributed by atoms with van der Waals surface area (Å²) in [6.45, 7) is 7.05. The fourth-order valence-electron chi connectivity index (χ4n) is 6.02. The molecule has 0 bridgehead atoms. The number of ether oxygens (including phenoxy) is 2. The molecule has 260 valence electrons. The molecule has 0 unspecified atom stereocenters. The minimum absolute atomic E-state index is 0.0134. The first-order valence-corrected chi connectivity index (χ1v) is 17.2. The highest BCUT2D eigenvalue weighted by atomic mass is 16.6. The lowest BCUT2D eigenvalue weighted by Crippen LogP contribution is -2.50. The number of unbranched alkanes of at least 4 members (excludes halogenated alkanes) is 7.